The second kappa shape index (κ2) is 9.26. The van der Waals surface area contributed by atoms with Crippen LogP contribution in [0.2, 0.25) is 0 Å². The third-order valence-corrected chi connectivity index (χ3v) is 7.63. The highest BCUT2D eigenvalue weighted by Crippen LogP contribution is 2.35. The number of H-pyrrole nitrogens is 1. The molecular weight excluding hydrogens is 442 g/mol. The van der Waals surface area contributed by atoms with Crippen LogP contribution < -0.4 is 5.32 Å². The number of aromatic nitrogens is 2. The minimum atomic E-state index is 0.104. The molecule has 6 rings (SSSR count). The molecular formula is C27H33N5O3. The van der Waals surface area contributed by atoms with E-state index in [4.69, 9.17) is 9.47 Å². The van der Waals surface area contributed by atoms with Crippen LogP contribution in [0.3, 0.4) is 0 Å². The van der Waals surface area contributed by atoms with Crippen LogP contribution in [-0.4, -0.2) is 77.9 Å². The second-order valence-electron chi connectivity index (χ2n) is 9.95. The first-order valence-electron chi connectivity index (χ1n) is 12.6. The Balaban J connectivity index is 1.37. The first-order valence-corrected chi connectivity index (χ1v) is 12.6. The van der Waals surface area contributed by atoms with Gasteiger partial charge in [-0.2, -0.15) is 0 Å². The Labute approximate surface area is 205 Å². The summed E-state index contributed by atoms with van der Waals surface area (Å²) >= 11 is 0. The number of amides is 2. The Morgan fingerprint density at radius 2 is 2.00 bits per heavy atom. The minimum Gasteiger partial charge on any atom is -0.378 e. The fourth-order valence-corrected chi connectivity index (χ4v) is 5.59. The molecule has 0 saturated carbocycles. The van der Waals surface area contributed by atoms with Crippen LogP contribution in [0.15, 0.2) is 30.6 Å². The molecule has 5 heterocycles. The number of nitrogens with one attached hydrogen (secondary N) is 2. The Bertz CT molecular complexity index is 1250. The molecule has 2 N–H and O–H groups in total. The predicted octanol–water partition coefficient (Wildman–Crippen LogP) is 3.40. The van der Waals surface area contributed by atoms with E-state index in [0.717, 1.165) is 42.7 Å². The highest BCUT2D eigenvalue weighted by Gasteiger charge is 2.32. The van der Waals surface area contributed by atoms with Gasteiger partial charge in [0, 0.05) is 49.5 Å². The summed E-state index contributed by atoms with van der Waals surface area (Å²) in [5.74, 6) is 0. The van der Waals surface area contributed by atoms with Crippen molar-refractivity contribution in [1.82, 2.24) is 25.1 Å². The Hall–Kier alpha value is -2.94. The zero-order valence-corrected chi connectivity index (χ0v) is 20.5. The fraction of sp³-hybridized carbons (Fsp3) is 0.481. The van der Waals surface area contributed by atoms with E-state index in [2.05, 4.69) is 47.3 Å². The SMILES string of the molecule is Cc1c[nH]c2ncc(-c3cc4c(c(C5COCCN5)c3)CN(C(=O)N3CCOCC3C)CC4)cc12. The summed E-state index contributed by atoms with van der Waals surface area (Å²) in [7, 11) is 0. The molecule has 0 aliphatic carbocycles. The molecule has 0 spiro atoms. The molecule has 3 aliphatic heterocycles. The van der Waals surface area contributed by atoms with E-state index < -0.39 is 0 Å². The number of nitrogens with zero attached hydrogens (tertiary/aromatic N) is 3. The second-order valence-corrected chi connectivity index (χ2v) is 9.95. The van der Waals surface area contributed by atoms with E-state index in [0.29, 0.717) is 32.9 Å². The van der Waals surface area contributed by atoms with Crippen molar-refractivity contribution in [2.75, 3.05) is 46.1 Å². The molecule has 2 fully saturated rings. The number of morpholine rings is 2. The van der Waals surface area contributed by atoms with Crippen molar-refractivity contribution in [3.63, 3.8) is 0 Å². The van der Waals surface area contributed by atoms with Crippen molar-refractivity contribution in [3.05, 3.63) is 52.8 Å². The van der Waals surface area contributed by atoms with Gasteiger partial charge in [-0.25, -0.2) is 9.78 Å². The summed E-state index contributed by atoms with van der Waals surface area (Å²) in [4.78, 5) is 25.3. The highest BCUT2D eigenvalue weighted by atomic mass is 16.5. The van der Waals surface area contributed by atoms with Crippen LogP contribution in [0.25, 0.3) is 22.2 Å². The molecule has 1 aromatic carbocycles. The number of benzene rings is 1. The molecule has 2 unspecified atom stereocenters. The predicted molar refractivity (Wildman–Crippen MR) is 134 cm³/mol. The van der Waals surface area contributed by atoms with Crippen LogP contribution in [0.5, 0.6) is 0 Å². The lowest BCUT2D eigenvalue weighted by atomic mass is 9.87. The summed E-state index contributed by atoms with van der Waals surface area (Å²) < 4.78 is 11.4. The molecule has 2 amide bonds. The van der Waals surface area contributed by atoms with Crippen LogP contribution in [-0.2, 0) is 22.4 Å². The van der Waals surface area contributed by atoms with Gasteiger partial charge < -0.3 is 29.6 Å². The monoisotopic (exact) mass is 475 g/mol. The van der Waals surface area contributed by atoms with E-state index in [1.807, 2.05) is 22.2 Å². The van der Waals surface area contributed by atoms with Gasteiger partial charge >= 0.3 is 6.03 Å². The number of hydrogen-bond donors (Lipinski definition) is 2. The topological polar surface area (TPSA) is 82.7 Å². The van der Waals surface area contributed by atoms with E-state index in [1.165, 1.54) is 27.8 Å². The molecule has 3 aliphatic rings. The third-order valence-electron chi connectivity index (χ3n) is 7.63. The van der Waals surface area contributed by atoms with Gasteiger partial charge in [-0.15, -0.1) is 0 Å². The van der Waals surface area contributed by atoms with Crippen molar-refractivity contribution in [2.24, 2.45) is 0 Å². The van der Waals surface area contributed by atoms with Gasteiger partial charge in [0.1, 0.15) is 5.65 Å². The average Bonchev–Trinajstić information content (AvgIpc) is 3.28. The number of hydrogen-bond acceptors (Lipinski definition) is 5. The van der Waals surface area contributed by atoms with Crippen LogP contribution >= 0.6 is 0 Å². The van der Waals surface area contributed by atoms with Crippen molar-refractivity contribution in [1.29, 1.82) is 0 Å². The quantitative estimate of drug-likeness (QED) is 0.594. The van der Waals surface area contributed by atoms with E-state index in [-0.39, 0.29) is 18.1 Å². The molecule has 2 atom stereocenters. The minimum absolute atomic E-state index is 0.104. The zero-order valence-electron chi connectivity index (χ0n) is 20.5. The number of rotatable bonds is 2. The number of ether oxygens (including phenoxy) is 2. The number of urea groups is 1. The van der Waals surface area contributed by atoms with E-state index in [1.54, 1.807) is 0 Å². The smallest absolute Gasteiger partial charge is 0.320 e. The Morgan fingerprint density at radius 3 is 2.83 bits per heavy atom. The number of aromatic amines is 1. The molecule has 2 saturated heterocycles. The van der Waals surface area contributed by atoms with E-state index >= 15 is 0 Å². The number of pyridine rings is 1. The van der Waals surface area contributed by atoms with Gasteiger partial charge in [-0.1, -0.05) is 6.07 Å². The molecule has 8 nitrogen and oxygen atoms in total. The highest BCUT2D eigenvalue weighted by molar-refractivity contribution is 5.84. The maximum Gasteiger partial charge on any atom is 0.320 e. The molecule has 3 aromatic rings. The van der Waals surface area contributed by atoms with Crippen LogP contribution in [0.1, 0.15) is 35.2 Å². The number of carbonyl (C=O) groups is 1. The lowest BCUT2D eigenvalue weighted by Crippen LogP contribution is -2.53. The lowest BCUT2D eigenvalue weighted by Gasteiger charge is -2.40. The summed E-state index contributed by atoms with van der Waals surface area (Å²) in [6.07, 6.45) is 4.80. The van der Waals surface area contributed by atoms with Crippen molar-refractivity contribution < 1.29 is 14.3 Å². The van der Waals surface area contributed by atoms with Crippen LogP contribution in [0.4, 0.5) is 4.79 Å². The maximum atomic E-state index is 13.4. The van der Waals surface area contributed by atoms with E-state index in [9.17, 15) is 4.79 Å². The Morgan fingerprint density at radius 1 is 1.11 bits per heavy atom. The standard InChI is InChI=1S/C27H33N5O3/c1-17-12-29-26-22(17)11-21(13-30-26)20-9-19-3-5-31(27(33)32-6-8-35-15-18(32)2)14-24(19)23(10-20)25-16-34-7-4-28-25/h9-13,18,25,28H,3-8,14-16H2,1-2H3,(H,29,30). The fourth-order valence-electron chi connectivity index (χ4n) is 5.59. The van der Waals surface area contributed by atoms with Gasteiger partial charge in [0.05, 0.1) is 38.5 Å². The van der Waals surface area contributed by atoms with Crippen molar-refractivity contribution >= 4 is 17.1 Å². The van der Waals surface area contributed by atoms with Crippen molar-refractivity contribution in [3.8, 4) is 11.1 Å². The molecule has 0 bridgehead atoms. The van der Waals surface area contributed by atoms with Gasteiger partial charge in [0.25, 0.3) is 0 Å². The summed E-state index contributed by atoms with van der Waals surface area (Å²) in [6.45, 7) is 9.57. The van der Waals surface area contributed by atoms with Gasteiger partial charge in [-0.05, 0) is 60.2 Å². The molecule has 0 radical (unpaired) electrons. The first kappa shape index (κ1) is 22.5. The van der Waals surface area contributed by atoms with Gasteiger partial charge in [0.2, 0.25) is 0 Å². The zero-order chi connectivity index (χ0) is 23.9. The van der Waals surface area contributed by atoms with Crippen molar-refractivity contribution in [2.45, 2.75) is 38.9 Å². The summed E-state index contributed by atoms with van der Waals surface area (Å²) in [5, 5.41) is 4.79. The molecule has 2 aromatic heterocycles. The number of aryl methyl sites for hydroxylation is 1. The number of fused-ring (bicyclic) bond motifs is 2. The largest absolute Gasteiger partial charge is 0.378 e. The average molecular weight is 476 g/mol. The number of carbonyl (C=O) groups excluding carboxylic acids is 1. The molecule has 8 heteroatoms. The van der Waals surface area contributed by atoms with Gasteiger partial charge in [-0.3, -0.25) is 0 Å². The summed E-state index contributed by atoms with van der Waals surface area (Å²) in [5.41, 5.74) is 8.19. The first-order chi connectivity index (χ1) is 17.1. The summed E-state index contributed by atoms with van der Waals surface area (Å²) in [6, 6.07) is 7.14. The Kier molecular flexibility index (Phi) is 5.96. The van der Waals surface area contributed by atoms with Gasteiger partial charge in [0.15, 0.2) is 0 Å². The molecule has 35 heavy (non-hydrogen) atoms. The van der Waals surface area contributed by atoms with Crippen LogP contribution in [0, 0.1) is 6.92 Å². The molecule has 184 valence electrons. The lowest BCUT2D eigenvalue weighted by molar-refractivity contribution is 0.00929. The maximum absolute atomic E-state index is 13.4. The third kappa shape index (κ3) is 4.20. The normalized spacial score (nSPS) is 22.9.